The minimum atomic E-state index is -1.49. The van der Waals surface area contributed by atoms with Gasteiger partial charge in [-0.25, -0.2) is 9.59 Å². The van der Waals surface area contributed by atoms with Crippen LogP contribution in [0.5, 0.6) is 0 Å². The fraction of sp³-hybridized carbons (Fsp3) is 0.250. The Morgan fingerprint density at radius 3 is 2.45 bits per heavy atom. The number of carbonyl (C=O) groups excluding carboxylic acids is 2. The molecule has 22 heavy (non-hydrogen) atoms. The molecule has 0 saturated carbocycles. The maximum Gasteiger partial charge on any atom is 0.341 e. The average Bonchev–Trinajstić information content (AvgIpc) is 2.48. The van der Waals surface area contributed by atoms with Gasteiger partial charge in [0.25, 0.3) is 0 Å². The number of benzene rings is 2. The van der Waals surface area contributed by atoms with Crippen molar-refractivity contribution in [3.05, 3.63) is 46.5 Å². The Morgan fingerprint density at radius 2 is 1.73 bits per heavy atom. The third kappa shape index (κ3) is 1.68. The molecule has 2 atom stereocenters. The lowest BCUT2D eigenvalue weighted by Crippen LogP contribution is -2.33. The van der Waals surface area contributed by atoms with E-state index in [4.69, 9.17) is 9.47 Å². The SMILES string of the molecule is O=C1OC(O)COC(=O)c2c1c1c(c3ccccc23)C(O)C1. The highest BCUT2D eigenvalue weighted by atomic mass is 16.7. The van der Waals surface area contributed by atoms with Crippen molar-refractivity contribution in [2.75, 3.05) is 6.61 Å². The van der Waals surface area contributed by atoms with E-state index in [1.807, 2.05) is 0 Å². The van der Waals surface area contributed by atoms with Crippen LogP contribution in [0.25, 0.3) is 10.8 Å². The van der Waals surface area contributed by atoms with Crippen molar-refractivity contribution >= 4 is 22.7 Å². The number of carbonyl (C=O) groups is 2. The lowest BCUT2D eigenvalue weighted by molar-refractivity contribution is -0.0970. The molecular weight excluding hydrogens is 288 g/mol. The monoisotopic (exact) mass is 300 g/mol. The van der Waals surface area contributed by atoms with Gasteiger partial charge in [0.15, 0.2) is 6.61 Å². The largest absolute Gasteiger partial charge is 0.455 e. The molecule has 1 aliphatic carbocycles. The van der Waals surface area contributed by atoms with Crippen molar-refractivity contribution in [2.45, 2.75) is 18.8 Å². The third-order valence-electron chi connectivity index (χ3n) is 4.10. The van der Waals surface area contributed by atoms with Crippen molar-refractivity contribution in [3.63, 3.8) is 0 Å². The van der Waals surface area contributed by atoms with Crippen LogP contribution >= 0.6 is 0 Å². The van der Waals surface area contributed by atoms with Crippen LogP contribution in [0, 0.1) is 0 Å². The summed E-state index contributed by atoms with van der Waals surface area (Å²) in [5, 5.41) is 20.8. The van der Waals surface area contributed by atoms with Crippen LogP contribution < -0.4 is 0 Å². The minimum Gasteiger partial charge on any atom is -0.455 e. The first kappa shape index (κ1) is 13.2. The minimum absolute atomic E-state index is 0.0859. The highest BCUT2D eigenvalue weighted by Crippen LogP contribution is 2.44. The Morgan fingerprint density at radius 1 is 1.00 bits per heavy atom. The smallest absolute Gasteiger partial charge is 0.341 e. The van der Waals surface area contributed by atoms with Crippen LogP contribution in [0.2, 0.25) is 0 Å². The summed E-state index contributed by atoms with van der Waals surface area (Å²) in [5.74, 6) is -1.45. The van der Waals surface area contributed by atoms with E-state index in [-0.39, 0.29) is 17.5 Å². The molecule has 0 amide bonds. The van der Waals surface area contributed by atoms with Crippen LogP contribution in [0.1, 0.15) is 37.9 Å². The van der Waals surface area contributed by atoms with E-state index in [0.29, 0.717) is 16.5 Å². The predicted octanol–water partition coefficient (Wildman–Crippen LogP) is 1.07. The van der Waals surface area contributed by atoms with Gasteiger partial charge in [0.2, 0.25) is 6.29 Å². The molecule has 0 bridgehead atoms. The first-order valence-corrected chi connectivity index (χ1v) is 6.89. The highest BCUT2D eigenvalue weighted by molar-refractivity contribution is 6.15. The molecule has 1 heterocycles. The highest BCUT2D eigenvalue weighted by Gasteiger charge is 2.38. The number of aliphatic hydroxyl groups excluding tert-OH is 2. The molecule has 112 valence electrons. The van der Waals surface area contributed by atoms with E-state index < -0.39 is 30.9 Å². The van der Waals surface area contributed by atoms with E-state index in [2.05, 4.69) is 0 Å². The molecule has 2 unspecified atom stereocenters. The van der Waals surface area contributed by atoms with Crippen molar-refractivity contribution in [3.8, 4) is 0 Å². The summed E-state index contributed by atoms with van der Waals surface area (Å²) in [6.45, 7) is -0.405. The van der Waals surface area contributed by atoms with Gasteiger partial charge in [0.05, 0.1) is 17.2 Å². The third-order valence-corrected chi connectivity index (χ3v) is 4.10. The van der Waals surface area contributed by atoms with E-state index in [1.165, 1.54) is 0 Å². The number of rotatable bonds is 0. The lowest BCUT2D eigenvalue weighted by Gasteiger charge is -2.32. The predicted molar refractivity (Wildman–Crippen MR) is 74.3 cm³/mol. The summed E-state index contributed by atoms with van der Waals surface area (Å²) in [6.07, 6.45) is -1.90. The van der Waals surface area contributed by atoms with Gasteiger partial charge in [0.1, 0.15) is 0 Å². The number of hydrogen-bond acceptors (Lipinski definition) is 6. The molecular formula is C16H12O6. The second-order valence-corrected chi connectivity index (χ2v) is 5.37. The van der Waals surface area contributed by atoms with Gasteiger partial charge in [-0.15, -0.1) is 0 Å². The summed E-state index contributed by atoms with van der Waals surface area (Å²) in [4.78, 5) is 24.6. The van der Waals surface area contributed by atoms with Crippen molar-refractivity contribution in [1.82, 2.24) is 0 Å². The summed E-state index contributed by atoms with van der Waals surface area (Å²) in [5.41, 5.74) is 1.44. The topological polar surface area (TPSA) is 93.1 Å². The fourth-order valence-electron chi connectivity index (χ4n) is 3.15. The van der Waals surface area contributed by atoms with Crippen LogP contribution in [-0.2, 0) is 15.9 Å². The van der Waals surface area contributed by atoms with E-state index in [1.54, 1.807) is 24.3 Å². The zero-order valence-corrected chi connectivity index (χ0v) is 11.4. The summed E-state index contributed by atoms with van der Waals surface area (Å²) >= 11 is 0. The molecule has 6 nitrogen and oxygen atoms in total. The Balaban J connectivity index is 2.10. The lowest BCUT2D eigenvalue weighted by atomic mass is 9.76. The molecule has 4 rings (SSSR count). The van der Waals surface area contributed by atoms with E-state index in [0.717, 1.165) is 5.39 Å². The first-order chi connectivity index (χ1) is 10.6. The zero-order chi connectivity index (χ0) is 15.4. The molecule has 6 heteroatoms. The summed E-state index contributed by atoms with van der Waals surface area (Å²) < 4.78 is 9.87. The quantitative estimate of drug-likeness (QED) is 0.707. The first-order valence-electron chi connectivity index (χ1n) is 6.89. The van der Waals surface area contributed by atoms with Crippen LogP contribution in [0.15, 0.2) is 24.3 Å². The molecule has 0 radical (unpaired) electrons. The number of fused-ring (bicyclic) bond motifs is 6. The standard InChI is InChI=1S/C16H12O6/c17-10-5-9-12(10)7-3-1-2-4-8(7)13-14(9)16(20)22-11(18)6-21-15(13)19/h1-4,10-11,17-18H,5-6H2. The molecule has 0 fully saturated rings. The van der Waals surface area contributed by atoms with Crippen LogP contribution in [0.3, 0.4) is 0 Å². The fourth-order valence-corrected chi connectivity index (χ4v) is 3.15. The summed E-state index contributed by atoms with van der Waals surface area (Å²) in [7, 11) is 0. The van der Waals surface area contributed by atoms with E-state index in [9.17, 15) is 19.8 Å². The number of cyclic esters (lactones) is 2. The Kier molecular flexibility index (Phi) is 2.72. The molecule has 0 spiro atoms. The number of ether oxygens (including phenoxy) is 2. The van der Waals surface area contributed by atoms with Gasteiger partial charge in [-0.3, -0.25) is 0 Å². The zero-order valence-electron chi connectivity index (χ0n) is 11.4. The molecule has 2 aromatic carbocycles. The maximum absolute atomic E-state index is 12.3. The number of hydrogen-bond donors (Lipinski definition) is 2. The average molecular weight is 300 g/mol. The van der Waals surface area contributed by atoms with Gasteiger partial charge in [-0.1, -0.05) is 24.3 Å². The molecule has 2 aromatic rings. The summed E-state index contributed by atoms with van der Waals surface area (Å²) in [6, 6.07) is 7.04. The Labute approximate surface area is 124 Å². The van der Waals surface area contributed by atoms with Crippen molar-refractivity contribution < 1.29 is 29.3 Å². The van der Waals surface area contributed by atoms with Gasteiger partial charge < -0.3 is 19.7 Å². The molecule has 2 aliphatic rings. The van der Waals surface area contributed by atoms with Crippen molar-refractivity contribution in [2.24, 2.45) is 0 Å². The van der Waals surface area contributed by atoms with Gasteiger partial charge >= 0.3 is 11.9 Å². The van der Waals surface area contributed by atoms with Crippen LogP contribution in [0.4, 0.5) is 0 Å². The normalized spacial score (nSPS) is 23.5. The number of aliphatic hydroxyl groups is 2. The molecule has 1 aliphatic heterocycles. The van der Waals surface area contributed by atoms with Crippen molar-refractivity contribution in [1.29, 1.82) is 0 Å². The number of esters is 2. The van der Waals surface area contributed by atoms with Gasteiger partial charge in [0, 0.05) is 6.42 Å². The maximum atomic E-state index is 12.3. The van der Waals surface area contributed by atoms with Gasteiger partial charge in [-0.2, -0.15) is 0 Å². The Hall–Kier alpha value is -2.44. The molecule has 0 aromatic heterocycles. The second-order valence-electron chi connectivity index (χ2n) is 5.37. The molecule has 0 saturated heterocycles. The Bertz CT molecular complexity index is 825. The molecule has 2 N–H and O–H groups in total. The van der Waals surface area contributed by atoms with Crippen LogP contribution in [-0.4, -0.2) is 35.0 Å². The van der Waals surface area contributed by atoms with Gasteiger partial charge in [-0.05, 0) is 21.9 Å². The second kappa shape index (κ2) is 4.53. The van der Waals surface area contributed by atoms with E-state index >= 15 is 0 Å².